The van der Waals surface area contributed by atoms with Crippen molar-refractivity contribution in [1.82, 2.24) is 10.2 Å². The molecule has 3 nitrogen and oxygen atoms in total. The molecule has 0 aliphatic carbocycles. The summed E-state index contributed by atoms with van der Waals surface area (Å²) in [7, 11) is 0. The van der Waals surface area contributed by atoms with Gasteiger partial charge in [-0.1, -0.05) is 0 Å². The number of piperidine rings is 2. The highest BCUT2D eigenvalue weighted by Gasteiger charge is 2.26. The van der Waals surface area contributed by atoms with Gasteiger partial charge < -0.3 is 16.0 Å². The molecular weight excluding hydrogens is 186 g/mol. The lowest BCUT2D eigenvalue weighted by molar-refractivity contribution is 0.133. The van der Waals surface area contributed by atoms with E-state index in [-0.39, 0.29) is 0 Å². The van der Waals surface area contributed by atoms with Crippen LogP contribution in [-0.2, 0) is 0 Å². The standard InChI is InChI=1S/C12H25N3/c13-5-10-15-8-3-12(4-9-15)11-1-6-14-7-2-11/h11-12,14H,1-10,13H2. The molecule has 0 aromatic carbocycles. The summed E-state index contributed by atoms with van der Waals surface area (Å²) in [5.74, 6) is 2.01. The van der Waals surface area contributed by atoms with Crippen LogP contribution in [0.3, 0.4) is 0 Å². The Bertz CT molecular complexity index is 170. The van der Waals surface area contributed by atoms with E-state index in [9.17, 15) is 0 Å². The Morgan fingerprint density at radius 2 is 1.60 bits per heavy atom. The average Bonchev–Trinajstić information content (AvgIpc) is 2.32. The van der Waals surface area contributed by atoms with Crippen LogP contribution in [0.5, 0.6) is 0 Å². The Labute approximate surface area is 93.4 Å². The van der Waals surface area contributed by atoms with E-state index in [0.717, 1.165) is 24.9 Å². The lowest BCUT2D eigenvalue weighted by Gasteiger charge is -2.37. The first-order chi connectivity index (χ1) is 7.40. The van der Waals surface area contributed by atoms with Crippen molar-refractivity contribution in [3.8, 4) is 0 Å². The van der Waals surface area contributed by atoms with Crippen LogP contribution in [0.25, 0.3) is 0 Å². The maximum atomic E-state index is 5.59. The summed E-state index contributed by atoms with van der Waals surface area (Å²) in [6.45, 7) is 6.97. The topological polar surface area (TPSA) is 41.3 Å². The number of likely N-dealkylation sites (tertiary alicyclic amines) is 1. The van der Waals surface area contributed by atoms with E-state index in [1.54, 1.807) is 0 Å². The van der Waals surface area contributed by atoms with E-state index in [1.165, 1.54) is 51.9 Å². The number of hydrogen-bond donors (Lipinski definition) is 2. The lowest BCUT2D eigenvalue weighted by atomic mass is 9.79. The number of nitrogens with zero attached hydrogens (tertiary/aromatic N) is 1. The second-order valence-corrected chi connectivity index (χ2v) is 5.06. The van der Waals surface area contributed by atoms with E-state index in [1.807, 2.05) is 0 Å². The highest BCUT2D eigenvalue weighted by Crippen LogP contribution is 2.30. The summed E-state index contributed by atoms with van der Waals surface area (Å²) in [6, 6.07) is 0. The molecule has 2 fully saturated rings. The second kappa shape index (κ2) is 5.83. The van der Waals surface area contributed by atoms with Crippen molar-refractivity contribution in [2.45, 2.75) is 25.7 Å². The van der Waals surface area contributed by atoms with Gasteiger partial charge >= 0.3 is 0 Å². The zero-order valence-electron chi connectivity index (χ0n) is 9.75. The van der Waals surface area contributed by atoms with E-state index in [4.69, 9.17) is 5.73 Å². The van der Waals surface area contributed by atoms with E-state index in [0.29, 0.717) is 0 Å². The van der Waals surface area contributed by atoms with Crippen molar-refractivity contribution >= 4 is 0 Å². The summed E-state index contributed by atoms with van der Waals surface area (Å²) in [5, 5.41) is 3.46. The highest BCUT2D eigenvalue weighted by atomic mass is 15.1. The fourth-order valence-electron chi connectivity index (χ4n) is 3.15. The minimum atomic E-state index is 0.817. The smallest absolute Gasteiger partial charge is 0.0105 e. The molecule has 0 bridgehead atoms. The SMILES string of the molecule is NCCN1CCC(C2CCNCC2)CC1. The van der Waals surface area contributed by atoms with Crippen LogP contribution in [0.1, 0.15) is 25.7 Å². The molecule has 0 aromatic rings. The average molecular weight is 211 g/mol. The fourth-order valence-corrected chi connectivity index (χ4v) is 3.15. The third kappa shape index (κ3) is 3.16. The molecule has 0 amide bonds. The van der Waals surface area contributed by atoms with Gasteiger partial charge in [0.05, 0.1) is 0 Å². The maximum Gasteiger partial charge on any atom is 0.0105 e. The Kier molecular flexibility index (Phi) is 4.42. The number of nitrogens with two attached hydrogens (primary N) is 1. The lowest BCUT2D eigenvalue weighted by Crippen LogP contribution is -2.40. The summed E-state index contributed by atoms with van der Waals surface area (Å²) >= 11 is 0. The molecule has 2 saturated heterocycles. The van der Waals surface area contributed by atoms with Crippen LogP contribution in [0.4, 0.5) is 0 Å². The van der Waals surface area contributed by atoms with Gasteiger partial charge in [-0.2, -0.15) is 0 Å². The molecule has 0 radical (unpaired) electrons. The molecule has 2 aliphatic heterocycles. The monoisotopic (exact) mass is 211 g/mol. The Balaban J connectivity index is 1.72. The molecule has 0 spiro atoms. The van der Waals surface area contributed by atoms with Crippen molar-refractivity contribution in [2.75, 3.05) is 39.3 Å². The largest absolute Gasteiger partial charge is 0.329 e. The normalized spacial score (nSPS) is 27.0. The molecule has 88 valence electrons. The Morgan fingerprint density at radius 1 is 1.00 bits per heavy atom. The molecular formula is C12H25N3. The molecule has 2 heterocycles. The summed E-state index contributed by atoms with van der Waals surface area (Å²) in [4.78, 5) is 2.53. The minimum absolute atomic E-state index is 0.817. The summed E-state index contributed by atoms with van der Waals surface area (Å²) in [5.41, 5.74) is 5.59. The van der Waals surface area contributed by atoms with Crippen LogP contribution in [-0.4, -0.2) is 44.2 Å². The van der Waals surface area contributed by atoms with Crippen molar-refractivity contribution in [3.63, 3.8) is 0 Å². The summed E-state index contributed by atoms with van der Waals surface area (Å²) in [6.07, 6.45) is 5.62. The molecule has 0 aromatic heterocycles. The fraction of sp³-hybridized carbons (Fsp3) is 1.00. The maximum absolute atomic E-state index is 5.59. The van der Waals surface area contributed by atoms with Crippen molar-refractivity contribution in [3.05, 3.63) is 0 Å². The molecule has 3 heteroatoms. The van der Waals surface area contributed by atoms with Gasteiger partial charge in [0.2, 0.25) is 0 Å². The highest BCUT2D eigenvalue weighted by molar-refractivity contribution is 4.81. The van der Waals surface area contributed by atoms with Crippen LogP contribution >= 0.6 is 0 Å². The first-order valence-corrected chi connectivity index (χ1v) is 6.53. The molecule has 0 saturated carbocycles. The molecule has 15 heavy (non-hydrogen) atoms. The Morgan fingerprint density at radius 3 is 2.20 bits per heavy atom. The number of rotatable bonds is 3. The zero-order valence-corrected chi connectivity index (χ0v) is 9.75. The van der Waals surface area contributed by atoms with Crippen LogP contribution < -0.4 is 11.1 Å². The molecule has 2 rings (SSSR count). The van der Waals surface area contributed by atoms with Crippen LogP contribution in [0.2, 0.25) is 0 Å². The van der Waals surface area contributed by atoms with Gasteiger partial charge in [-0.25, -0.2) is 0 Å². The van der Waals surface area contributed by atoms with Gasteiger partial charge in [0, 0.05) is 13.1 Å². The van der Waals surface area contributed by atoms with Gasteiger partial charge in [0.25, 0.3) is 0 Å². The van der Waals surface area contributed by atoms with E-state index < -0.39 is 0 Å². The van der Waals surface area contributed by atoms with Crippen LogP contribution in [0, 0.1) is 11.8 Å². The first kappa shape index (κ1) is 11.4. The van der Waals surface area contributed by atoms with Gasteiger partial charge in [-0.15, -0.1) is 0 Å². The van der Waals surface area contributed by atoms with Crippen molar-refractivity contribution in [2.24, 2.45) is 17.6 Å². The van der Waals surface area contributed by atoms with E-state index in [2.05, 4.69) is 10.2 Å². The molecule has 0 atom stereocenters. The predicted molar refractivity (Wildman–Crippen MR) is 63.8 cm³/mol. The van der Waals surface area contributed by atoms with Crippen molar-refractivity contribution < 1.29 is 0 Å². The molecule has 3 N–H and O–H groups in total. The third-order valence-electron chi connectivity index (χ3n) is 4.13. The van der Waals surface area contributed by atoms with Gasteiger partial charge in [-0.05, 0) is 63.7 Å². The minimum Gasteiger partial charge on any atom is -0.329 e. The quantitative estimate of drug-likeness (QED) is 0.720. The Hall–Kier alpha value is -0.120. The first-order valence-electron chi connectivity index (χ1n) is 6.53. The predicted octanol–water partition coefficient (Wildman–Crippen LogP) is 0.657. The molecule has 2 aliphatic rings. The van der Waals surface area contributed by atoms with E-state index >= 15 is 0 Å². The van der Waals surface area contributed by atoms with Crippen molar-refractivity contribution in [1.29, 1.82) is 0 Å². The second-order valence-electron chi connectivity index (χ2n) is 5.06. The number of nitrogens with one attached hydrogen (secondary N) is 1. The molecule has 0 unspecified atom stereocenters. The zero-order chi connectivity index (χ0) is 10.5. The van der Waals surface area contributed by atoms with Crippen LogP contribution in [0.15, 0.2) is 0 Å². The van der Waals surface area contributed by atoms with Gasteiger partial charge in [-0.3, -0.25) is 0 Å². The van der Waals surface area contributed by atoms with Gasteiger partial charge in [0.1, 0.15) is 0 Å². The summed E-state index contributed by atoms with van der Waals surface area (Å²) < 4.78 is 0. The number of hydrogen-bond acceptors (Lipinski definition) is 3. The van der Waals surface area contributed by atoms with Gasteiger partial charge in [0.15, 0.2) is 0 Å². The third-order valence-corrected chi connectivity index (χ3v) is 4.13.